The second-order valence-electron chi connectivity index (χ2n) is 7.73. The van der Waals surface area contributed by atoms with Gasteiger partial charge in [0, 0.05) is 31.4 Å². The maximum Gasteiger partial charge on any atom is 0.248 e. The zero-order valence-corrected chi connectivity index (χ0v) is 16.6. The predicted octanol–water partition coefficient (Wildman–Crippen LogP) is 2.13. The minimum absolute atomic E-state index is 0.0460. The third-order valence-corrected chi connectivity index (χ3v) is 5.72. The van der Waals surface area contributed by atoms with Crippen molar-refractivity contribution in [1.82, 2.24) is 19.8 Å². The number of ether oxygens (including phenoxy) is 2. The second kappa shape index (κ2) is 8.92. The van der Waals surface area contributed by atoms with Gasteiger partial charge in [0.05, 0.1) is 18.6 Å². The van der Waals surface area contributed by atoms with Crippen LogP contribution in [0, 0.1) is 12.7 Å². The lowest BCUT2D eigenvalue weighted by atomic mass is 10.0. The molecule has 1 amide bonds. The van der Waals surface area contributed by atoms with Crippen molar-refractivity contribution in [1.29, 1.82) is 0 Å². The summed E-state index contributed by atoms with van der Waals surface area (Å²) in [5, 5.41) is 0. The summed E-state index contributed by atoms with van der Waals surface area (Å²) in [6.07, 6.45) is 3.45. The number of carbonyl (C=O) groups excluding carboxylic acids is 1. The summed E-state index contributed by atoms with van der Waals surface area (Å²) in [4.78, 5) is 24.3. The molecule has 7 nitrogen and oxygen atoms in total. The second-order valence-corrected chi connectivity index (χ2v) is 7.73. The standard InChI is InChI=1S/C21H27FN4O3/c1-15-20(24-14-23-15)11-25-8-6-17(7-9-25)26-10-19(29-13-21(26)27)12-28-18-4-2-16(22)3-5-18/h2-5,14,17,19H,6-13H2,1H3,(H,23,24)/t19-/m0/s1. The Labute approximate surface area is 169 Å². The molecule has 3 heterocycles. The van der Waals surface area contributed by atoms with E-state index < -0.39 is 0 Å². The van der Waals surface area contributed by atoms with Gasteiger partial charge in [0.2, 0.25) is 5.91 Å². The van der Waals surface area contributed by atoms with E-state index in [1.807, 2.05) is 11.8 Å². The molecule has 1 aromatic heterocycles. The van der Waals surface area contributed by atoms with Crippen LogP contribution in [0.25, 0.3) is 0 Å². The molecular weight excluding hydrogens is 375 g/mol. The minimum Gasteiger partial charge on any atom is -0.491 e. The molecule has 2 saturated heterocycles. The first-order valence-corrected chi connectivity index (χ1v) is 10.1. The van der Waals surface area contributed by atoms with Crippen molar-refractivity contribution in [3.8, 4) is 5.75 Å². The number of morpholine rings is 1. The third-order valence-electron chi connectivity index (χ3n) is 5.72. The molecular formula is C21H27FN4O3. The molecule has 4 rings (SSSR count). The molecule has 0 spiro atoms. The fourth-order valence-corrected chi connectivity index (χ4v) is 3.97. The van der Waals surface area contributed by atoms with Crippen LogP contribution in [0.5, 0.6) is 5.75 Å². The summed E-state index contributed by atoms with van der Waals surface area (Å²) >= 11 is 0. The number of hydrogen-bond acceptors (Lipinski definition) is 5. The number of imidazole rings is 1. The molecule has 1 aromatic carbocycles. The number of benzene rings is 1. The highest BCUT2D eigenvalue weighted by molar-refractivity contribution is 5.78. The number of piperidine rings is 1. The number of halogens is 1. The SMILES string of the molecule is Cc1[nH]cnc1CN1CCC(N2C[C@@H](COc3ccc(F)cc3)OCC2=O)CC1. The van der Waals surface area contributed by atoms with Gasteiger partial charge in [-0.2, -0.15) is 0 Å². The maximum absolute atomic E-state index is 13.0. The van der Waals surface area contributed by atoms with Gasteiger partial charge in [0.25, 0.3) is 0 Å². The van der Waals surface area contributed by atoms with Crippen molar-refractivity contribution in [3.05, 3.63) is 47.8 Å². The zero-order valence-electron chi connectivity index (χ0n) is 16.6. The number of nitrogens with one attached hydrogen (secondary N) is 1. The number of aromatic amines is 1. The van der Waals surface area contributed by atoms with Gasteiger partial charge in [-0.15, -0.1) is 0 Å². The summed E-state index contributed by atoms with van der Waals surface area (Å²) in [5.41, 5.74) is 2.20. The highest BCUT2D eigenvalue weighted by Gasteiger charge is 2.34. The van der Waals surface area contributed by atoms with Gasteiger partial charge in [0.1, 0.15) is 30.9 Å². The van der Waals surface area contributed by atoms with Crippen molar-refractivity contribution >= 4 is 5.91 Å². The van der Waals surface area contributed by atoms with Crippen LogP contribution in [0.2, 0.25) is 0 Å². The number of likely N-dealkylation sites (tertiary alicyclic amines) is 1. The number of aryl methyl sites for hydroxylation is 1. The van der Waals surface area contributed by atoms with E-state index in [1.54, 1.807) is 18.5 Å². The van der Waals surface area contributed by atoms with Crippen LogP contribution in [0.15, 0.2) is 30.6 Å². The lowest BCUT2D eigenvalue weighted by Gasteiger charge is -2.42. The van der Waals surface area contributed by atoms with E-state index in [9.17, 15) is 9.18 Å². The Morgan fingerprint density at radius 3 is 2.72 bits per heavy atom. The monoisotopic (exact) mass is 402 g/mol. The highest BCUT2D eigenvalue weighted by Crippen LogP contribution is 2.22. The third kappa shape index (κ3) is 4.94. The van der Waals surface area contributed by atoms with Crippen molar-refractivity contribution in [2.24, 2.45) is 0 Å². The van der Waals surface area contributed by atoms with E-state index in [0.29, 0.717) is 18.9 Å². The van der Waals surface area contributed by atoms with E-state index in [2.05, 4.69) is 14.9 Å². The van der Waals surface area contributed by atoms with Crippen molar-refractivity contribution < 1.29 is 18.7 Å². The lowest BCUT2D eigenvalue weighted by Crippen LogP contribution is -2.55. The molecule has 2 aliphatic rings. The minimum atomic E-state index is -0.295. The van der Waals surface area contributed by atoms with Crippen LogP contribution in [-0.4, -0.2) is 70.7 Å². The van der Waals surface area contributed by atoms with E-state index >= 15 is 0 Å². The molecule has 0 radical (unpaired) electrons. The smallest absolute Gasteiger partial charge is 0.248 e. The first-order chi connectivity index (χ1) is 14.1. The van der Waals surface area contributed by atoms with Crippen LogP contribution >= 0.6 is 0 Å². The van der Waals surface area contributed by atoms with Gasteiger partial charge in [0.15, 0.2) is 0 Å². The number of hydrogen-bond donors (Lipinski definition) is 1. The molecule has 1 atom stereocenters. The Kier molecular flexibility index (Phi) is 6.10. The van der Waals surface area contributed by atoms with E-state index in [1.165, 1.54) is 12.1 Å². The van der Waals surface area contributed by atoms with Crippen molar-refractivity contribution in [2.75, 3.05) is 32.8 Å². The molecule has 0 aliphatic carbocycles. The molecule has 2 fully saturated rings. The zero-order chi connectivity index (χ0) is 20.2. The van der Waals surface area contributed by atoms with E-state index in [-0.39, 0.29) is 30.5 Å². The van der Waals surface area contributed by atoms with Gasteiger partial charge in [-0.25, -0.2) is 9.37 Å². The Morgan fingerprint density at radius 2 is 2.03 bits per heavy atom. The fraction of sp³-hybridized carbons (Fsp3) is 0.524. The molecule has 8 heteroatoms. The summed E-state index contributed by atoms with van der Waals surface area (Å²) < 4.78 is 24.4. The van der Waals surface area contributed by atoms with Gasteiger partial charge in [-0.3, -0.25) is 9.69 Å². The number of rotatable bonds is 6. The quantitative estimate of drug-likeness (QED) is 0.802. The number of H-pyrrole nitrogens is 1. The molecule has 2 aliphatic heterocycles. The highest BCUT2D eigenvalue weighted by atomic mass is 19.1. The first-order valence-electron chi connectivity index (χ1n) is 10.1. The molecule has 0 saturated carbocycles. The van der Waals surface area contributed by atoms with Gasteiger partial charge in [-0.05, 0) is 44.0 Å². The Morgan fingerprint density at radius 1 is 1.28 bits per heavy atom. The Bertz CT molecular complexity index is 818. The molecule has 29 heavy (non-hydrogen) atoms. The molecule has 0 unspecified atom stereocenters. The summed E-state index contributed by atoms with van der Waals surface area (Å²) in [7, 11) is 0. The number of amides is 1. The first kappa shape index (κ1) is 19.8. The van der Waals surface area contributed by atoms with Crippen LogP contribution in [0.4, 0.5) is 4.39 Å². The van der Waals surface area contributed by atoms with Gasteiger partial charge >= 0.3 is 0 Å². The van der Waals surface area contributed by atoms with Crippen LogP contribution in [0.3, 0.4) is 0 Å². The molecule has 0 bridgehead atoms. The predicted molar refractivity (Wildman–Crippen MR) is 105 cm³/mol. The lowest BCUT2D eigenvalue weighted by molar-refractivity contribution is -0.155. The topological polar surface area (TPSA) is 70.7 Å². The molecule has 2 aromatic rings. The average molecular weight is 402 g/mol. The number of carbonyl (C=O) groups is 1. The Balaban J connectivity index is 1.27. The van der Waals surface area contributed by atoms with E-state index in [4.69, 9.17) is 9.47 Å². The normalized spacial score (nSPS) is 21.5. The average Bonchev–Trinajstić information content (AvgIpc) is 3.14. The fourth-order valence-electron chi connectivity index (χ4n) is 3.97. The summed E-state index contributed by atoms with van der Waals surface area (Å²) in [5.74, 6) is 0.349. The van der Waals surface area contributed by atoms with Crippen LogP contribution < -0.4 is 4.74 Å². The molecule has 156 valence electrons. The number of aromatic nitrogens is 2. The van der Waals surface area contributed by atoms with Crippen LogP contribution in [-0.2, 0) is 16.1 Å². The van der Waals surface area contributed by atoms with Crippen LogP contribution in [0.1, 0.15) is 24.2 Å². The maximum atomic E-state index is 13.0. The Hall–Kier alpha value is -2.45. The van der Waals surface area contributed by atoms with E-state index in [0.717, 1.165) is 43.9 Å². The summed E-state index contributed by atoms with van der Waals surface area (Å²) in [6.45, 7) is 5.72. The van der Waals surface area contributed by atoms with Crippen molar-refractivity contribution in [2.45, 2.75) is 38.5 Å². The number of nitrogens with zero attached hydrogens (tertiary/aromatic N) is 3. The van der Waals surface area contributed by atoms with Crippen molar-refractivity contribution in [3.63, 3.8) is 0 Å². The largest absolute Gasteiger partial charge is 0.491 e. The summed E-state index contributed by atoms with van der Waals surface area (Å²) in [6, 6.07) is 6.16. The van der Waals surface area contributed by atoms with Gasteiger partial charge in [-0.1, -0.05) is 0 Å². The van der Waals surface area contributed by atoms with Gasteiger partial charge < -0.3 is 19.4 Å². The molecule has 1 N–H and O–H groups in total.